The van der Waals surface area contributed by atoms with Crippen molar-refractivity contribution < 1.29 is 4.39 Å². The summed E-state index contributed by atoms with van der Waals surface area (Å²) in [5.41, 5.74) is 0. The molecule has 0 aromatic rings. The Morgan fingerprint density at radius 2 is 2.25 bits per heavy atom. The number of halogens is 2. The van der Waals surface area contributed by atoms with E-state index in [-0.39, 0.29) is 14.3 Å². The maximum atomic E-state index is 10.6. The van der Waals surface area contributed by atoms with Crippen molar-refractivity contribution in [3.05, 3.63) is 0 Å². The maximum absolute atomic E-state index is 10.6. The van der Waals surface area contributed by atoms with Crippen LogP contribution in [0.5, 0.6) is 0 Å². The molecule has 0 heterocycles. The quantitative estimate of drug-likeness (QED) is 0.441. The summed E-state index contributed by atoms with van der Waals surface area (Å²) in [7, 11) is -0.0540. The molecule has 1 atom stereocenters. The topological polar surface area (TPSA) is 0 Å². The molecule has 0 aromatic carbocycles. The highest BCUT2D eigenvalue weighted by Gasteiger charge is 1.62. The molecule has 1 unspecified atom stereocenters. The lowest BCUT2D eigenvalue weighted by Gasteiger charge is -1.63. The van der Waals surface area contributed by atoms with E-state index >= 15 is 0 Å². The second-order valence-electron chi connectivity index (χ2n) is 0.267. The van der Waals surface area contributed by atoms with E-state index < -0.39 is 0 Å². The predicted molar refractivity (Wildman–Crippen MR) is 20.1 cm³/mol. The Morgan fingerprint density at radius 3 is 2.25 bits per heavy atom. The van der Waals surface area contributed by atoms with Crippen LogP contribution in [-0.2, 0) is 0 Å². The Morgan fingerprint density at radius 1 is 2.00 bits per heavy atom. The zero-order valence-electron chi connectivity index (χ0n) is 1.96. The minimum absolute atomic E-state index is 0.0540. The first-order valence-electron chi connectivity index (χ1n) is 0.810. The molecule has 4 heavy (non-hydrogen) atoms. The molecule has 0 amide bonds. The van der Waals surface area contributed by atoms with Crippen molar-refractivity contribution >= 4 is 19.2 Å². The van der Waals surface area contributed by atoms with E-state index in [0.717, 1.165) is 0 Å². The van der Waals surface area contributed by atoms with Crippen molar-refractivity contribution in [1.29, 1.82) is 0 Å². The summed E-state index contributed by atoms with van der Waals surface area (Å²) in [4.78, 5) is 0. The Labute approximate surface area is 30.9 Å². The van der Waals surface area contributed by atoms with Gasteiger partial charge in [0.15, 0.2) is 0 Å². The lowest BCUT2D eigenvalue weighted by atomic mass is 11.8. The highest BCUT2D eigenvalue weighted by molar-refractivity contribution is 7.68. The SMILES string of the molecule is FCPCl. The van der Waals surface area contributed by atoms with Gasteiger partial charge in [-0.1, -0.05) is 11.2 Å². The summed E-state index contributed by atoms with van der Waals surface area (Å²) in [5, 5.41) is 0. The fourth-order valence-corrected chi connectivity index (χ4v) is 0. The summed E-state index contributed by atoms with van der Waals surface area (Å²) in [5.74, 6) is 0. The average Bonchev–Trinajstić information content (AvgIpc) is 1.37. The first-order chi connectivity index (χ1) is 1.91. The molecule has 0 fully saturated rings. The molecule has 0 radical (unpaired) electrons. The standard InChI is InChI=1S/CH3ClFP/c2-4-1-3/h4H,1H2. The van der Waals surface area contributed by atoms with Crippen molar-refractivity contribution in [3.63, 3.8) is 0 Å². The van der Waals surface area contributed by atoms with E-state index in [9.17, 15) is 4.39 Å². The van der Waals surface area contributed by atoms with Gasteiger partial charge in [0, 0.05) is 7.93 Å². The van der Waals surface area contributed by atoms with Crippen molar-refractivity contribution in [1.82, 2.24) is 0 Å². The first kappa shape index (κ1) is 4.65. The molecule has 0 saturated heterocycles. The minimum Gasteiger partial charge on any atom is -0.245 e. The van der Waals surface area contributed by atoms with Crippen LogP contribution in [0, 0.1) is 0 Å². The monoisotopic (exact) mass is 100.0 g/mol. The molecule has 0 saturated carbocycles. The molecule has 0 rings (SSSR count). The van der Waals surface area contributed by atoms with Gasteiger partial charge in [-0.25, -0.2) is 4.39 Å². The molecule has 3 heteroatoms. The van der Waals surface area contributed by atoms with Gasteiger partial charge in [0.25, 0.3) is 0 Å². The van der Waals surface area contributed by atoms with Crippen LogP contribution in [0.15, 0.2) is 0 Å². The summed E-state index contributed by atoms with van der Waals surface area (Å²) < 4.78 is 10.6. The molecular formula is CH3ClFP. The molecule has 0 aliphatic rings. The van der Waals surface area contributed by atoms with Crippen LogP contribution in [0.3, 0.4) is 0 Å². The summed E-state index contributed by atoms with van der Waals surface area (Å²) in [6.07, 6.45) is -0.387. The molecule has 0 bridgehead atoms. The van der Waals surface area contributed by atoms with Gasteiger partial charge in [-0.2, -0.15) is 0 Å². The van der Waals surface area contributed by atoms with Gasteiger partial charge in [-0.05, 0) is 0 Å². The third-order valence-electron chi connectivity index (χ3n) is 0.0505. The van der Waals surface area contributed by atoms with Crippen molar-refractivity contribution in [2.75, 3.05) is 6.42 Å². The van der Waals surface area contributed by atoms with Crippen molar-refractivity contribution in [2.45, 2.75) is 0 Å². The zero-order chi connectivity index (χ0) is 3.41. The Balaban J connectivity index is 1.97. The molecule has 0 aromatic heterocycles. The smallest absolute Gasteiger partial charge is 0.120 e. The van der Waals surface area contributed by atoms with Crippen LogP contribution in [0.1, 0.15) is 0 Å². The van der Waals surface area contributed by atoms with Crippen molar-refractivity contribution in [3.8, 4) is 0 Å². The van der Waals surface area contributed by atoms with Crippen LogP contribution >= 0.6 is 19.2 Å². The average molecular weight is 100 g/mol. The number of rotatable bonds is 1. The van der Waals surface area contributed by atoms with E-state index in [2.05, 4.69) is 0 Å². The molecule has 0 aliphatic carbocycles. The Kier molecular flexibility index (Phi) is 4.24. The third-order valence-corrected chi connectivity index (χ3v) is 0.455. The van der Waals surface area contributed by atoms with E-state index in [1.54, 1.807) is 0 Å². The molecular weight excluding hydrogens is 97.4 g/mol. The zero-order valence-corrected chi connectivity index (χ0v) is 3.72. The van der Waals surface area contributed by atoms with Gasteiger partial charge < -0.3 is 0 Å². The fraction of sp³-hybridized carbons (Fsp3) is 1.00. The second-order valence-corrected chi connectivity index (χ2v) is 1.60. The molecule has 0 aliphatic heterocycles. The minimum atomic E-state index is -0.387. The Hall–Kier alpha value is 0.650. The van der Waals surface area contributed by atoms with Crippen molar-refractivity contribution in [2.24, 2.45) is 0 Å². The maximum Gasteiger partial charge on any atom is 0.120 e. The highest BCUT2D eigenvalue weighted by atomic mass is 35.7. The van der Waals surface area contributed by atoms with E-state index in [0.29, 0.717) is 0 Å². The van der Waals surface area contributed by atoms with Gasteiger partial charge in [0.1, 0.15) is 6.42 Å². The van der Waals surface area contributed by atoms with E-state index in [1.165, 1.54) is 0 Å². The second kappa shape index (κ2) is 3.65. The van der Waals surface area contributed by atoms with Crippen LogP contribution in [0.4, 0.5) is 4.39 Å². The summed E-state index contributed by atoms with van der Waals surface area (Å²) >= 11 is 4.84. The highest BCUT2D eigenvalue weighted by Crippen LogP contribution is 2.13. The largest absolute Gasteiger partial charge is 0.245 e. The van der Waals surface area contributed by atoms with Gasteiger partial charge in [-0.15, -0.1) is 0 Å². The molecule has 0 N–H and O–H groups in total. The van der Waals surface area contributed by atoms with Gasteiger partial charge in [0.05, 0.1) is 0 Å². The third kappa shape index (κ3) is 2.65. The summed E-state index contributed by atoms with van der Waals surface area (Å²) in [6, 6.07) is 0. The van der Waals surface area contributed by atoms with Gasteiger partial charge in [0.2, 0.25) is 0 Å². The number of hydrogen-bond acceptors (Lipinski definition) is 0. The van der Waals surface area contributed by atoms with E-state index in [4.69, 9.17) is 11.2 Å². The Bertz CT molecular complexity index is 10.0. The van der Waals surface area contributed by atoms with E-state index in [1.807, 2.05) is 0 Å². The first-order valence-corrected chi connectivity index (χ1v) is 3.03. The lowest BCUT2D eigenvalue weighted by Crippen LogP contribution is -1.35. The number of hydrogen-bond donors (Lipinski definition) is 0. The van der Waals surface area contributed by atoms with Gasteiger partial charge in [-0.3, -0.25) is 0 Å². The molecule has 26 valence electrons. The van der Waals surface area contributed by atoms with Crippen LogP contribution in [0.25, 0.3) is 0 Å². The predicted octanol–water partition coefficient (Wildman–Crippen LogP) is 1.75. The normalized spacial score (nSPS) is 10.5. The van der Waals surface area contributed by atoms with Crippen LogP contribution in [0.2, 0.25) is 0 Å². The lowest BCUT2D eigenvalue weighted by molar-refractivity contribution is 0.604. The molecule has 0 spiro atoms. The fourth-order valence-electron chi connectivity index (χ4n) is 0. The van der Waals surface area contributed by atoms with Gasteiger partial charge >= 0.3 is 0 Å². The van der Waals surface area contributed by atoms with Crippen LogP contribution < -0.4 is 0 Å². The molecule has 0 nitrogen and oxygen atoms in total. The number of alkyl halides is 1. The van der Waals surface area contributed by atoms with Crippen LogP contribution in [-0.4, -0.2) is 6.42 Å². The summed E-state index contributed by atoms with van der Waals surface area (Å²) in [6.45, 7) is 0.